The van der Waals surface area contributed by atoms with Crippen molar-refractivity contribution in [3.8, 4) is 16.9 Å². The molecule has 2 nitrogen and oxygen atoms in total. The fraction of sp³-hybridized carbons (Fsp3) is 0.240. The molecular formula is C25H25Cl2NOTi. The van der Waals surface area contributed by atoms with Crippen LogP contribution in [0.25, 0.3) is 11.1 Å². The Hall–Kier alpha value is -1.58. The molecule has 0 unspecified atom stereocenters. The van der Waals surface area contributed by atoms with Crippen molar-refractivity contribution in [2.24, 2.45) is 4.99 Å². The van der Waals surface area contributed by atoms with Crippen LogP contribution < -0.4 is 0 Å². The zero-order chi connectivity index (χ0) is 21.2. The van der Waals surface area contributed by atoms with E-state index in [1.807, 2.05) is 42.5 Å². The molecule has 3 aromatic carbocycles. The number of halogens is 2. The first kappa shape index (κ1) is 23.1. The minimum atomic E-state index is -0.556. The van der Waals surface area contributed by atoms with Crippen LogP contribution in [0, 0.1) is 0 Å². The zero-order valence-corrected chi connectivity index (χ0v) is 19.8. The average Bonchev–Trinajstić information content (AvgIpc) is 2.81. The fourth-order valence-electron chi connectivity index (χ4n) is 3.96. The molecule has 0 spiro atoms. The number of hydrogen-bond acceptors (Lipinski definition) is 2. The van der Waals surface area contributed by atoms with Gasteiger partial charge in [0.1, 0.15) is 5.75 Å². The predicted octanol–water partition coefficient (Wildman–Crippen LogP) is 8.23. The Bertz CT molecular complexity index is 942. The Labute approximate surface area is 195 Å². The number of phenolic OH excluding ortho intramolecular Hbond substituents is 1. The van der Waals surface area contributed by atoms with Crippen LogP contribution in [0.5, 0.6) is 5.75 Å². The molecule has 154 valence electrons. The number of hydrogen-bond donors (Lipinski definition) is 1. The van der Waals surface area contributed by atoms with E-state index in [4.69, 9.17) is 18.6 Å². The summed E-state index contributed by atoms with van der Waals surface area (Å²) in [5, 5.41) is 11.0. The molecule has 30 heavy (non-hydrogen) atoms. The second-order valence-corrected chi connectivity index (χ2v) is 9.95. The Kier molecular flexibility index (Phi) is 9.48. The molecule has 0 aromatic heterocycles. The predicted molar refractivity (Wildman–Crippen MR) is 125 cm³/mol. The Morgan fingerprint density at radius 2 is 1.43 bits per heavy atom. The summed E-state index contributed by atoms with van der Waals surface area (Å²) in [4.78, 5) is 4.57. The van der Waals surface area contributed by atoms with Crippen LogP contribution in [0.4, 0.5) is 5.69 Å². The molecule has 0 atom stereocenters. The number of benzene rings is 3. The van der Waals surface area contributed by atoms with E-state index in [1.165, 1.54) is 24.8 Å². The van der Waals surface area contributed by atoms with Crippen molar-refractivity contribution in [3.05, 3.63) is 83.9 Å². The van der Waals surface area contributed by atoms with Crippen molar-refractivity contribution in [3.63, 3.8) is 0 Å². The SMILES string of the molecule is Oc1c(C=Nc2ccccc2)cc(-c2ccccc2)cc1C1CCCCC1.[Cl][Ti][Cl]. The molecule has 0 radical (unpaired) electrons. The molecule has 1 saturated carbocycles. The second-order valence-electron chi connectivity index (χ2n) is 7.37. The maximum absolute atomic E-state index is 11.0. The minimum absolute atomic E-state index is 0.390. The Morgan fingerprint density at radius 3 is 2.07 bits per heavy atom. The van der Waals surface area contributed by atoms with Gasteiger partial charge in [-0.15, -0.1) is 0 Å². The first-order valence-electron chi connectivity index (χ1n) is 10.2. The van der Waals surface area contributed by atoms with Gasteiger partial charge in [-0.25, -0.2) is 0 Å². The van der Waals surface area contributed by atoms with Crippen molar-refractivity contribution in [2.75, 3.05) is 0 Å². The van der Waals surface area contributed by atoms with Crippen molar-refractivity contribution in [2.45, 2.75) is 38.0 Å². The summed E-state index contributed by atoms with van der Waals surface area (Å²) >= 11 is -0.556. The molecule has 1 fully saturated rings. The van der Waals surface area contributed by atoms with Crippen LogP contribution in [0.1, 0.15) is 49.1 Å². The summed E-state index contributed by atoms with van der Waals surface area (Å²) in [6.07, 6.45) is 7.89. The van der Waals surface area contributed by atoms with Gasteiger partial charge in [-0.3, -0.25) is 4.99 Å². The van der Waals surface area contributed by atoms with Gasteiger partial charge in [0.15, 0.2) is 0 Å². The number of phenols is 1. The van der Waals surface area contributed by atoms with E-state index in [1.54, 1.807) is 6.21 Å². The number of para-hydroxylation sites is 1. The van der Waals surface area contributed by atoms with Crippen LogP contribution in [0.3, 0.4) is 0 Å². The fourth-order valence-corrected chi connectivity index (χ4v) is 3.96. The maximum atomic E-state index is 11.0. The summed E-state index contributed by atoms with van der Waals surface area (Å²) in [5.74, 6) is 0.826. The number of nitrogens with zero attached hydrogens (tertiary/aromatic N) is 1. The monoisotopic (exact) mass is 473 g/mol. The van der Waals surface area contributed by atoms with E-state index in [2.05, 4.69) is 35.3 Å². The molecule has 3 aromatic rings. The van der Waals surface area contributed by atoms with Gasteiger partial charge in [-0.1, -0.05) is 67.8 Å². The van der Waals surface area contributed by atoms with Crippen molar-refractivity contribution in [1.82, 2.24) is 0 Å². The summed E-state index contributed by atoms with van der Waals surface area (Å²) < 4.78 is 0. The summed E-state index contributed by atoms with van der Waals surface area (Å²) in [6, 6.07) is 24.5. The molecule has 4 rings (SSSR count). The topological polar surface area (TPSA) is 32.6 Å². The van der Waals surface area contributed by atoms with E-state index in [-0.39, 0.29) is 0 Å². The first-order chi connectivity index (χ1) is 14.7. The van der Waals surface area contributed by atoms with E-state index >= 15 is 0 Å². The molecule has 0 aliphatic heterocycles. The molecule has 1 N–H and O–H groups in total. The van der Waals surface area contributed by atoms with E-state index < -0.39 is 17.0 Å². The summed E-state index contributed by atoms with van der Waals surface area (Å²) in [7, 11) is 9.78. The van der Waals surface area contributed by atoms with Gasteiger partial charge >= 0.3 is 35.6 Å². The molecule has 1 aliphatic carbocycles. The van der Waals surface area contributed by atoms with Crippen LogP contribution >= 0.6 is 18.6 Å². The number of aliphatic imine (C=N–C) groups is 1. The molecule has 0 bridgehead atoms. The van der Waals surface area contributed by atoms with Crippen LogP contribution in [-0.4, -0.2) is 11.3 Å². The van der Waals surface area contributed by atoms with Gasteiger partial charge in [0.05, 0.1) is 5.69 Å². The molecule has 0 saturated heterocycles. The normalized spacial score (nSPS) is 14.2. The molecular weight excluding hydrogens is 449 g/mol. The quantitative estimate of drug-likeness (QED) is 0.300. The second kappa shape index (κ2) is 12.3. The first-order valence-corrected chi connectivity index (χ1v) is 14.5. The summed E-state index contributed by atoms with van der Waals surface area (Å²) in [6.45, 7) is 0. The number of aromatic hydroxyl groups is 1. The molecule has 0 amide bonds. The van der Waals surface area contributed by atoms with Crippen LogP contribution in [-0.2, 0) is 17.0 Å². The van der Waals surface area contributed by atoms with Gasteiger partial charge in [0, 0.05) is 11.8 Å². The van der Waals surface area contributed by atoms with Crippen LogP contribution in [0.15, 0.2) is 77.8 Å². The van der Waals surface area contributed by atoms with E-state index in [0.29, 0.717) is 11.7 Å². The van der Waals surface area contributed by atoms with Crippen molar-refractivity contribution < 1.29 is 22.1 Å². The molecule has 5 heteroatoms. The number of rotatable bonds is 4. The standard InChI is InChI=1S/C25H25NO.2ClH.Ti/c27-25-22(18-26-23-14-8-3-9-15-23)16-21(19-10-4-1-5-11-19)17-24(25)20-12-6-2-7-13-20;;;/h1,3-5,8-11,14-18,20,27H,2,6-7,12-13H2;2*1H;/q;;;+2/p-2. The third-order valence-electron chi connectivity index (χ3n) is 5.43. The van der Waals surface area contributed by atoms with Crippen molar-refractivity contribution >= 4 is 30.5 Å². The van der Waals surface area contributed by atoms with E-state index in [9.17, 15) is 5.11 Å². The van der Waals surface area contributed by atoms with E-state index in [0.717, 1.165) is 35.2 Å². The third-order valence-corrected chi connectivity index (χ3v) is 5.43. The van der Waals surface area contributed by atoms with Gasteiger partial charge in [0.2, 0.25) is 0 Å². The zero-order valence-electron chi connectivity index (χ0n) is 16.8. The molecule has 0 heterocycles. The van der Waals surface area contributed by atoms with Gasteiger partial charge in [-0.2, -0.15) is 0 Å². The van der Waals surface area contributed by atoms with Gasteiger partial charge in [0.25, 0.3) is 0 Å². The van der Waals surface area contributed by atoms with Gasteiger partial charge < -0.3 is 5.11 Å². The van der Waals surface area contributed by atoms with Gasteiger partial charge in [-0.05, 0) is 59.7 Å². The average molecular weight is 474 g/mol. The summed E-state index contributed by atoms with van der Waals surface area (Å²) in [5.41, 5.74) is 5.07. The Balaban J connectivity index is 0.000000806. The van der Waals surface area contributed by atoms with Crippen molar-refractivity contribution in [1.29, 1.82) is 0 Å². The Morgan fingerprint density at radius 1 is 0.833 bits per heavy atom. The molecule has 1 aliphatic rings. The third kappa shape index (κ3) is 6.46. The van der Waals surface area contributed by atoms with Crippen LogP contribution in [0.2, 0.25) is 0 Å².